The summed E-state index contributed by atoms with van der Waals surface area (Å²) >= 11 is 0. The summed E-state index contributed by atoms with van der Waals surface area (Å²) in [5.74, 6) is -11.2. The zero-order valence-corrected chi connectivity index (χ0v) is 40.7. The Kier molecular flexibility index (Phi) is 11.2. The van der Waals surface area contributed by atoms with E-state index in [2.05, 4.69) is 0 Å². The van der Waals surface area contributed by atoms with Crippen LogP contribution in [0.2, 0.25) is 0 Å². The number of halogens is 8. The molecule has 0 radical (unpaired) electrons. The first-order valence-electron chi connectivity index (χ1n) is 24.2. The van der Waals surface area contributed by atoms with Crippen LogP contribution < -0.4 is 0 Å². The maximum absolute atomic E-state index is 16.9. The number of rotatable bonds is 7. The third kappa shape index (κ3) is 7.94. The number of aryl methyl sites for hydroxylation is 4. The summed E-state index contributed by atoms with van der Waals surface area (Å²) in [4.78, 5) is 0. The van der Waals surface area contributed by atoms with Crippen molar-refractivity contribution in [3.8, 4) is 67.0 Å². The van der Waals surface area contributed by atoms with Gasteiger partial charge in [0.05, 0.1) is 39.0 Å². The van der Waals surface area contributed by atoms with Gasteiger partial charge in [0.1, 0.15) is 5.56 Å². The van der Waals surface area contributed by atoms with E-state index in [1.54, 1.807) is 48.5 Å². The Bertz CT molecular complexity index is 3880. The van der Waals surface area contributed by atoms with E-state index in [4.69, 9.17) is 0 Å². The Morgan fingerprint density at radius 2 is 0.560 bits per heavy atom. The summed E-state index contributed by atoms with van der Waals surface area (Å²) in [6.07, 6.45) is -5.21. The summed E-state index contributed by atoms with van der Waals surface area (Å²) in [5.41, 5.74) is 7.22. The van der Waals surface area contributed by atoms with Crippen LogP contribution in [-0.2, 0) is 6.18 Å². The average molecular weight is 1000 g/mol. The first-order chi connectivity index (χ1) is 36.0. The van der Waals surface area contributed by atoms with Crippen molar-refractivity contribution in [2.24, 2.45) is 0 Å². The van der Waals surface area contributed by atoms with Crippen LogP contribution in [-0.4, -0.2) is 9.13 Å². The van der Waals surface area contributed by atoms with E-state index >= 15 is 30.7 Å². The highest BCUT2D eigenvalue weighted by atomic mass is 19.4. The Balaban J connectivity index is 1.24. The van der Waals surface area contributed by atoms with Crippen molar-refractivity contribution in [1.29, 1.82) is 0 Å². The summed E-state index contributed by atoms with van der Waals surface area (Å²) in [7, 11) is 0. The molecule has 2 nitrogen and oxygen atoms in total. The lowest BCUT2D eigenvalue weighted by atomic mass is 9.97. The van der Waals surface area contributed by atoms with E-state index in [0.717, 1.165) is 78.9 Å². The number of aromatic nitrogens is 2. The Labute approximate surface area is 426 Å². The van der Waals surface area contributed by atoms with Crippen molar-refractivity contribution >= 4 is 43.6 Å². The average Bonchev–Trinajstić information content (AvgIpc) is 3.90. The molecular formula is C65H42F8N2. The van der Waals surface area contributed by atoms with Gasteiger partial charge in [-0.15, -0.1) is 0 Å². The molecule has 0 N–H and O–H groups in total. The summed E-state index contributed by atoms with van der Waals surface area (Å²) in [6, 6.07) is 54.6. The van der Waals surface area contributed by atoms with Crippen LogP contribution in [0.25, 0.3) is 111 Å². The van der Waals surface area contributed by atoms with Crippen molar-refractivity contribution in [2.45, 2.75) is 33.9 Å². The number of fused-ring (bicyclic) bond motifs is 6. The van der Waals surface area contributed by atoms with Gasteiger partial charge in [0, 0.05) is 21.5 Å². The topological polar surface area (TPSA) is 9.86 Å². The van der Waals surface area contributed by atoms with Gasteiger partial charge in [0.2, 0.25) is 5.82 Å². The molecule has 10 heteroatoms. The van der Waals surface area contributed by atoms with Gasteiger partial charge in [-0.3, -0.25) is 0 Å². The highest BCUT2D eigenvalue weighted by Gasteiger charge is 2.40. The largest absolute Gasteiger partial charge is 0.420 e. The fraction of sp³-hybridized carbons (Fsp3) is 0.0769. The zero-order chi connectivity index (χ0) is 52.2. The van der Waals surface area contributed by atoms with Gasteiger partial charge in [0.25, 0.3) is 0 Å². The molecule has 2 aromatic heterocycles. The Morgan fingerprint density at radius 1 is 0.293 bits per heavy atom. The van der Waals surface area contributed by atoms with Crippen molar-refractivity contribution in [2.75, 3.05) is 0 Å². The SMILES string of the molecule is Cc1cccc(-c2ccc3c(c2)c2cc(-c4cccc(C)c4)ccc2n3-c2cc(-c3c(F)c(F)c(F)c(F)c3F)cc(-n3c4ccc(-c5cccc(C)c5)cc4c4cc(-c5cccc(C)c5)ccc43)c2C(F)(F)F)c1. The lowest BCUT2D eigenvalue weighted by Gasteiger charge is -2.23. The molecule has 12 aromatic rings. The number of nitrogens with zero attached hydrogens (tertiary/aromatic N) is 2. The number of hydrogen-bond donors (Lipinski definition) is 0. The first-order valence-corrected chi connectivity index (χ1v) is 24.2. The van der Waals surface area contributed by atoms with Gasteiger partial charge in [0.15, 0.2) is 23.3 Å². The van der Waals surface area contributed by atoms with Gasteiger partial charge >= 0.3 is 6.18 Å². The minimum Gasteiger partial charge on any atom is -0.309 e. The number of benzene rings is 10. The predicted octanol–water partition coefficient (Wildman–Crippen LogP) is 19.2. The number of hydrogen-bond acceptors (Lipinski definition) is 0. The molecule has 0 bridgehead atoms. The van der Waals surface area contributed by atoms with Crippen LogP contribution in [0.4, 0.5) is 35.1 Å². The quantitative estimate of drug-likeness (QED) is 0.0855. The van der Waals surface area contributed by atoms with Crippen molar-refractivity contribution in [3.63, 3.8) is 0 Å². The summed E-state index contributed by atoms with van der Waals surface area (Å²) < 4.78 is 132. The Hall–Kier alpha value is -8.76. The molecule has 2 heterocycles. The third-order valence-corrected chi connectivity index (χ3v) is 14.3. The van der Waals surface area contributed by atoms with Gasteiger partial charge < -0.3 is 9.13 Å². The van der Waals surface area contributed by atoms with E-state index in [1.807, 2.05) is 149 Å². The Morgan fingerprint density at radius 3 is 0.827 bits per heavy atom. The molecule has 0 unspecified atom stereocenters. The monoisotopic (exact) mass is 1000 g/mol. The normalized spacial score (nSPS) is 12.0. The molecule has 12 rings (SSSR count). The molecule has 0 saturated carbocycles. The highest BCUT2D eigenvalue weighted by molar-refractivity contribution is 6.14. The number of alkyl halides is 3. The lowest BCUT2D eigenvalue weighted by molar-refractivity contribution is -0.137. The van der Waals surface area contributed by atoms with Crippen LogP contribution in [0.15, 0.2) is 182 Å². The van der Waals surface area contributed by atoms with Gasteiger partial charge in [-0.1, -0.05) is 144 Å². The zero-order valence-electron chi connectivity index (χ0n) is 40.7. The van der Waals surface area contributed by atoms with Crippen LogP contribution in [0.5, 0.6) is 0 Å². The van der Waals surface area contributed by atoms with Crippen LogP contribution in [0.1, 0.15) is 27.8 Å². The van der Waals surface area contributed by atoms with Crippen LogP contribution in [0, 0.1) is 56.8 Å². The minimum atomic E-state index is -5.21. The summed E-state index contributed by atoms with van der Waals surface area (Å²) in [5, 5.41) is 2.22. The van der Waals surface area contributed by atoms with Crippen LogP contribution >= 0.6 is 0 Å². The lowest BCUT2D eigenvalue weighted by Crippen LogP contribution is -2.16. The van der Waals surface area contributed by atoms with Gasteiger partial charge in [-0.05, 0) is 138 Å². The van der Waals surface area contributed by atoms with E-state index in [1.165, 1.54) is 9.13 Å². The molecule has 0 spiro atoms. The molecule has 0 saturated heterocycles. The molecule has 0 atom stereocenters. The molecule has 10 aromatic carbocycles. The van der Waals surface area contributed by atoms with E-state index in [0.29, 0.717) is 43.6 Å². The van der Waals surface area contributed by atoms with Gasteiger partial charge in [-0.2, -0.15) is 13.2 Å². The van der Waals surface area contributed by atoms with Crippen LogP contribution in [0.3, 0.4) is 0 Å². The summed E-state index contributed by atoms with van der Waals surface area (Å²) in [6.45, 7) is 7.83. The second-order valence-corrected chi connectivity index (χ2v) is 19.4. The second-order valence-electron chi connectivity index (χ2n) is 19.4. The first kappa shape index (κ1) is 47.3. The smallest absolute Gasteiger partial charge is 0.309 e. The molecular weight excluding hydrogens is 961 g/mol. The minimum absolute atomic E-state index is 0.293. The fourth-order valence-corrected chi connectivity index (χ4v) is 10.8. The highest BCUT2D eigenvalue weighted by Crippen LogP contribution is 2.48. The maximum atomic E-state index is 16.9. The van der Waals surface area contributed by atoms with Gasteiger partial charge in [-0.25, -0.2) is 22.0 Å². The van der Waals surface area contributed by atoms with E-state index < -0.39 is 63.3 Å². The molecule has 0 amide bonds. The fourth-order valence-electron chi connectivity index (χ4n) is 10.8. The maximum Gasteiger partial charge on any atom is 0.420 e. The molecule has 0 aliphatic carbocycles. The van der Waals surface area contributed by atoms with Crippen molar-refractivity contribution < 1.29 is 35.1 Å². The standard InChI is InChI=1S/C65H42F8N2/c1-35-9-5-13-39(25-35)43-17-21-52-48(29-43)49-30-44(40-14-6-10-36(2)26-40)18-22-53(49)74(52)56-33-47(58-60(66)62(68)64(70)63(69)61(58)67)34-57(59(56)65(71,72)73)75-54-23-19-45(41-15-7-11-37(3)27-41)31-50(54)51-32-46(20-24-55(51)75)42-16-8-12-38(4)28-42/h5-34H,1-4H3. The van der Waals surface area contributed by atoms with E-state index in [9.17, 15) is 4.39 Å². The third-order valence-electron chi connectivity index (χ3n) is 14.3. The van der Waals surface area contributed by atoms with E-state index in [-0.39, 0.29) is 0 Å². The molecule has 368 valence electrons. The van der Waals surface area contributed by atoms with Crippen molar-refractivity contribution in [3.05, 3.63) is 239 Å². The molecule has 0 fully saturated rings. The molecule has 0 aliphatic rings. The van der Waals surface area contributed by atoms with Crippen molar-refractivity contribution in [1.82, 2.24) is 9.13 Å². The predicted molar refractivity (Wildman–Crippen MR) is 286 cm³/mol. The molecule has 75 heavy (non-hydrogen) atoms. The molecule has 0 aliphatic heterocycles. The second kappa shape index (κ2) is 17.7.